The van der Waals surface area contributed by atoms with Crippen molar-refractivity contribution >= 4 is 39.3 Å². The predicted molar refractivity (Wildman–Crippen MR) is 117 cm³/mol. The maximum Gasteiger partial charge on any atom is 0.260 e. The molecule has 0 spiro atoms. The Bertz CT molecular complexity index is 889. The summed E-state index contributed by atoms with van der Waals surface area (Å²) in [7, 11) is 3.06. The summed E-state index contributed by atoms with van der Waals surface area (Å²) < 4.78 is 16.8. The Hall–Kier alpha value is -2.45. The summed E-state index contributed by atoms with van der Waals surface area (Å²) >= 11 is 9.24. The molecule has 0 unspecified atom stereocenters. The van der Waals surface area contributed by atoms with Crippen molar-refractivity contribution in [2.24, 2.45) is 0 Å². The van der Waals surface area contributed by atoms with E-state index in [2.05, 4.69) is 15.9 Å². The predicted octanol–water partition coefficient (Wildman–Crippen LogP) is 3.48. The van der Waals surface area contributed by atoms with Crippen molar-refractivity contribution < 1.29 is 23.8 Å². The van der Waals surface area contributed by atoms with E-state index >= 15 is 0 Å². The van der Waals surface area contributed by atoms with Crippen molar-refractivity contribution in [1.29, 1.82) is 0 Å². The van der Waals surface area contributed by atoms with Crippen molar-refractivity contribution in [3.8, 4) is 17.2 Å². The largest absolute Gasteiger partial charge is 0.495 e. The fourth-order valence-corrected chi connectivity index (χ4v) is 3.78. The molecule has 0 aliphatic carbocycles. The Labute approximate surface area is 188 Å². The number of rotatable bonds is 6. The highest BCUT2D eigenvalue weighted by atomic mass is 79.9. The van der Waals surface area contributed by atoms with Crippen LogP contribution in [-0.2, 0) is 4.79 Å². The molecule has 1 saturated heterocycles. The summed E-state index contributed by atoms with van der Waals surface area (Å²) in [5, 5.41) is 0.607. The van der Waals surface area contributed by atoms with Crippen LogP contribution in [0.2, 0.25) is 5.02 Å². The molecule has 7 nitrogen and oxygen atoms in total. The number of nitrogens with zero attached hydrogens (tertiary/aromatic N) is 2. The maximum absolute atomic E-state index is 12.9. The molecular formula is C21H22BrClN2O5. The SMILES string of the molecule is COc1cc(C(=O)N2CCN(C(=O)COc3ccc(Cl)cc3)CC2)cc(OC)c1Br. The van der Waals surface area contributed by atoms with Gasteiger partial charge in [0.15, 0.2) is 6.61 Å². The van der Waals surface area contributed by atoms with Crippen LogP contribution in [-0.4, -0.2) is 68.6 Å². The van der Waals surface area contributed by atoms with Crippen LogP contribution < -0.4 is 14.2 Å². The minimum Gasteiger partial charge on any atom is -0.495 e. The van der Waals surface area contributed by atoms with Gasteiger partial charge in [-0.3, -0.25) is 9.59 Å². The van der Waals surface area contributed by atoms with Gasteiger partial charge in [0.2, 0.25) is 0 Å². The lowest BCUT2D eigenvalue weighted by atomic mass is 10.1. The molecule has 160 valence electrons. The number of hydrogen-bond acceptors (Lipinski definition) is 5. The number of halogens is 2. The first-order valence-corrected chi connectivity index (χ1v) is 10.5. The van der Waals surface area contributed by atoms with Crippen molar-refractivity contribution in [2.45, 2.75) is 0 Å². The molecule has 0 bridgehead atoms. The first kappa shape index (κ1) is 22.2. The third-order valence-electron chi connectivity index (χ3n) is 4.79. The minimum atomic E-state index is -0.136. The first-order chi connectivity index (χ1) is 14.4. The van der Waals surface area contributed by atoms with Crippen LogP contribution in [0.1, 0.15) is 10.4 Å². The highest BCUT2D eigenvalue weighted by molar-refractivity contribution is 9.10. The summed E-state index contributed by atoms with van der Waals surface area (Å²) in [6.45, 7) is 1.70. The molecule has 2 aromatic carbocycles. The van der Waals surface area contributed by atoms with E-state index < -0.39 is 0 Å². The van der Waals surface area contributed by atoms with Gasteiger partial charge in [-0.15, -0.1) is 0 Å². The average Bonchev–Trinajstić information content (AvgIpc) is 2.78. The van der Waals surface area contributed by atoms with E-state index in [0.717, 1.165) is 0 Å². The van der Waals surface area contributed by atoms with Gasteiger partial charge in [0.1, 0.15) is 21.7 Å². The van der Waals surface area contributed by atoms with Crippen LogP contribution in [0.4, 0.5) is 0 Å². The van der Waals surface area contributed by atoms with E-state index in [9.17, 15) is 9.59 Å². The standard InChI is InChI=1S/C21H22BrClN2O5/c1-28-17-11-14(12-18(29-2)20(17)22)21(27)25-9-7-24(8-10-25)19(26)13-30-16-5-3-15(23)4-6-16/h3-6,11-12H,7-10,13H2,1-2H3. The van der Waals surface area contributed by atoms with E-state index in [0.29, 0.717) is 58.5 Å². The monoisotopic (exact) mass is 496 g/mol. The van der Waals surface area contributed by atoms with Gasteiger partial charge >= 0.3 is 0 Å². The van der Waals surface area contributed by atoms with Gasteiger partial charge in [0.05, 0.1) is 14.2 Å². The minimum absolute atomic E-state index is 0.0588. The molecule has 0 aromatic heterocycles. The number of carbonyl (C=O) groups is 2. The molecular weight excluding hydrogens is 476 g/mol. The molecule has 0 atom stereocenters. The van der Waals surface area contributed by atoms with Crippen molar-refractivity contribution in [1.82, 2.24) is 9.80 Å². The summed E-state index contributed by atoms with van der Waals surface area (Å²) in [6.07, 6.45) is 0. The van der Waals surface area contributed by atoms with Gasteiger partial charge < -0.3 is 24.0 Å². The van der Waals surface area contributed by atoms with Crippen LogP contribution in [0.25, 0.3) is 0 Å². The third kappa shape index (κ3) is 5.17. The number of hydrogen-bond donors (Lipinski definition) is 0. The van der Waals surface area contributed by atoms with Gasteiger partial charge in [-0.1, -0.05) is 11.6 Å². The van der Waals surface area contributed by atoms with Gasteiger partial charge in [0.25, 0.3) is 11.8 Å². The molecule has 1 aliphatic heterocycles. The second kappa shape index (κ2) is 10.0. The quantitative estimate of drug-likeness (QED) is 0.611. The molecule has 0 saturated carbocycles. The molecule has 0 radical (unpaired) electrons. The molecule has 1 fully saturated rings. The average molecular weight is 498 g/mol. The second-order valence-corrected chi connectivity index (χ2v) is 7.84. The topological polar surface area (TPSA) is 68.3 Å². The summed E-state index contributed by atoms with van der Waals surface area (Å²) in [5.74, 6) is 1.36. The Kier molecular flexibility index (Phi) is 7.44. The van der Waals surface area contributed by atoms with Crippen LogP contribution in [0.15, 0.2) is 40.9 Å². The lowest BCUT2D eigenvalue weighted by molar-refractivity contribution is -0.134. The molecule has 9 heteroatoms. The molecule has 1 aliphatic rings. The van der Waals surface area contributed by atoms with Crippen LogP contribution in [0.5, 0.6) is 17.2 Å². The normalized spacial score (nSPS) is 13.7. The Morgan fingerprint density at radius 1 is 0.967 bits per heavy atom. The molecule has 2 aromatic rings. The molecule has 30 heavy (non-hydrogen) atoms. The van der Waals surface area contributed by atoms with E-state index in [-0.39, 0.29) is 18.4 Å². The zero-order valence-corrected chi connectivity index (χ0v) is 19.0. The smallest absolute Gasteiger partial charge is 0.260 e. The molecule has 0 N–H and O–H groups in total. The van der Waals surface area contributed by atoms with E-state index in [1.165, 1.54) is 14.2 Å². The number of methoxy groups -OCH3 is 2. The van der Waals surface area contributed by atoms with Gasteiger partial charge in [-0.05, 0) is 52.3 Å². The van der Waals surface area contributed by atoms with E-state index in [4.69, 9.17) is 25.8 Å². The number of ether oxygens (including phenoxy) is 3. The van der Waals surface area contributed by atoms with Crippen molar-refractivity contribution in [2.75, 3.05) is 47.0 Å². The Balaban J connectivity index is 1.56. The number of carbonyl (C=O) groups excluding carboxylic acids is 2. The van der Waals surface area contributed by atoms with E-state index in [1.54, 1.807) is 46.2 Å². The highest BCUT2D eigenvalue weighted by Gasteiger charge is 2.26. The number of piperazine rings is 1. The Morgan fingerprint density at radius 3 is 2.03 bits per heavy atom. The number of amides is 2. The molecule has 2 amide bonds. The Morgan fingerprint density at radius 2 is 1.50 bits per heavy atom. The molecule has 1 heterocycles. The zero-order chi connectivity index (χ0) is 21.7. The lowest BCUT2D eigenvalue weighted by Crippen LogP contribution is -2.51. The highest BCUT2D eigenvalue weighted by Crippen LogP contribution is 2.36. The van der Waals surface area contributed by atoms with E-state index in [1.807, 2.05) is 0 Å². The van der Waals surface area contributed by atoms with Crippen LogP contribution >= 0.6 is 27.5 Å². The zero-order valence-electron chi connectivity index (χ0n) is 16.7. The third-order valence-corrected chi connectivity index (χ3v) is 5.82. The van der Waals surface area contributed by atoms with Crippen molar-refractivity contribution in [3.05, 3.63) is 51.5 Å². The maximum atomic E-state index is 12.9. The lowest BCUT2D eigenvalue weighted by Gasteiger charge is -2.34. The van der Waals surface area contributed by atoms with Gasteiger partial charge in [-0.25, -0.2) is 0 Å². The second-order valence-electron chi connectivity index (χ2n) is 6.61. The van der Waals surface area contributed by atoms with Gasteiger partial charge in [0, 0.05) is 36.8 Å². The number of benzene rings is 2. The first-order valence-electron chi connectivity index (χ1n) is 9.30. The fourth-order valence-electron chi connectivity index (χ4n) is 3.10. The van der Waals surface area contributed by atoms with Crippen LogP contribution in [0, 0.1) is 0 Å². The van der Waals surface area contributed by atoms with Crippen molar-refractivity contribution in [3.63, 3.8) is 0 Å². The summed E-state index contributed by atoms with van der Waals surface area (Å²) in [6, 6.07) is 10.2. The summed E-state index contributed by atoms with van der Waals surface area (Å²) in [5.41, 5.74) is 0.470. The fraction of sp³-hybridized carbons (Fsp3) is 0.333. The van der Waals surface area contributed by atoms with Gasteiger partial charge in [-0.2, -0.15) is 0 Å². The molecule has 3 rings (SSSR count). The summed E-state index contributed by atoms with van der Waals surface area (Å²) in [4.78, 5) is 28.8. The van der Waals surface area contributed by atoms with Crippen LogP contribution in [0.3, 0.4) is 0 Å².